The third-order valence-electron chi connectivity index (χ3n) is 2.36. The fourth-order valence-corrected chi connectivity index (χ4v) is 2.63. The highest BCUT2D eigenvalue weighted by molar-refractivity contribution is 8.00. The summed E-state index contributed by atoms with van der Waals surface area (Å²) in [7, 11) is 0. The summed E-state index contributed by atoms with van der Waals surface area (Å²) >= 11 is 1.15. The fourth-order valence-electron chi connectivity index (χ4n) is 1.52. The van der Waals surface area contributed by atoms with Gasteiger partial charge in [0, 0.05) is 17.0 Å². The second kappa shape index (κ2) is 5.86. The molecular formula is C12H15NO4S. The summed E-state index contributed by atoms with van der Waals surface area (Å²) < 4.78 is 0. The molecule has 1 atom stereocenters. The van der Waals surface area contributed by atoms with Crippen LogP contribution < -0.4 is 0 Å². The molecule has 0 aliphatic carbocycles. The zero-order chi connectivity index (χ0) is 13.9. The van der Waals surface area contributed by atoms with Gasteiger partial charge < -0.3 is 5.11 Å². The second-order valence-corrected chi connectivity index (χ2v) is 5.60. The minimum absolute atomic E-state index is 0.00889. The van der Waals surface area contributed by atoms with E-state index in [1.165, 1.54) is 12.1 Å². The van der Waals surface area contributed by atoms with Gasteiger partial charge in [0.1, 0.15) is 5.25 Å². The number of nitro groups is 1. The molecule has 5 nitrogen and oxygen atoms in total. The van der Waals surface area contributed by atoms with Gasteiger partial charge >= 0.3 is 5.97 Å². The first kappa shape index (κ1) is 14.5. The van der Waals surface area contributed by atoms with E-state index in [-0.39, 0.29) is 11.6 Å². The van der Waals surface area contributed by atoms with Gasteiger partial charge in [-0.2, -0.15) is 0 Å². The molecule has 0 aromatic heterocycles. The Hall–Kier alpha value is -1.56. The van der Waals surface area contributed by atoms with Crippen molar-refractivity contribution in [2.24, 2.45) is 5.92 Å². The lowest BCUT2D eigenvalue weighted by Crippen LogP contribution is -2.22. The van der Waals surface area contributed by atoms with Crippen LogP contribution in [0.3, 0.4) is 0 Å². The first-order valence-corrected chi connectivity index (χ1v) is 6.34. The SMILES string of the molecule is Cc1cc(SC(C(=O)O)C(C)C)cc([N+](=O)[O-])c1. The summed E-state index contributed by atoms with van der Waals surface area (Å²) in [6.45, 7) is 5.38. The van der Waals surface area contributed by atoms with E-state index in [1.54, 1.807) is 13.0 Å². The molecule has 18 heavy (non-hydrogen) atoms. The first-order chi connectivity index (χ1) is 8.31. The molecule has 0 aliphatic rings. The number of benzene rings is 1. The second-order valence-electron chi connectivity index (χ2n) is 4.38. The van der Waals surface area contributed by atoms with Gasteiger partial charge in [0.2, 0.25) is 0 Å². The lowest BCUT2D eigenvalue weighted by Gasteiger charge is -2.15. The molecule has 0 fully saturated rings. The molecule has 0 saturated heterocycles. The van der Waals surface area contributed by atoms with Crippen molar-refractivity contribution in [1.82, 2.24) is 0 Å². The largest absolute Gasteiger partial charge is 0.480 e. The zero-order valence-corrected chi connectivity index (χ0v) is 11.2. The Morgan fingerprint density at radius 2 is 2.00 bits per heavy atom. The van der Waals surface area contributed by atoms with Crippen LogP contribution in [0.5, 0.6) is 0 Å². The molecule has 0 aliphatic heterocycles. The number of non-ortho nitro benzene ring substituents is 1. The maximum Gasteiger partial charge on any atom is 0.317 e. The van der Waals surface area contributed by atoms with Crippen molar-refractivity contribution in [3.05, 3.63) is 33.9 Å². The van der Waals surface area contributed by atoms with Crippen molar-refractivity contribution in [2.45, 2.75) is 30.9 Å². The van der Waals surface area contributed by atoms with E-state index in [0.717, 1.165) is 17.3 Å². The number of rotatable bonds is 5. The molecule has 0 bridgehead atoms. The number of aryl methyl sites for hydroxylation is 1. The van der Waals surface area contributed by atoms with Crippen molar-refractivity contribution in [3.8, 4) is 0 Å². The van der Waals surface area contributed by atoms with E-state index in [1.807, 2.05) is 13.8 Å². The van der Waals surface area contributed by atoms with Gasteiger partial charge in [0.25, 0.3) is 5.69 Å². The number of nitro benzene ring substituents is 1. The highest BCUT2D eigenvalue weighted by atomic mass is 32.2. The van der Waals surface area contributed by atoms with Gasteiger partial charge in [-0.05, 0) is 24.5 Å². The average Bonchev–Trinajstić information content (AvgIpc) is 2.24. The van der Waals surface area contributed by atoms with Crippen LogP contribution >= 0.6 is 11.8 Å². The smallest absolute Gasteiger partial charge is 0.317 e. The van der Waals surface area contributed by atoms with Gasteiger partial charge in [-0.15, -0.1) is 11.8 Å². The molecule has 0 saturated carbocycles. The minimum Gasteiger partial charge on any atom is -0.480 e. The third-order valence-corrected chi connectivity index (χ3v) is 3.87. The fraction of sp³-hybridized carbons (Fsp3) is 0.417. The number of aliphatic carboxylic acids is 1. The van der Waals surface area contributed by atoms with Gasteiger partial charge in [-0.3, -0.25) is 14.9 Å². The van der Waals surface area contributed by atoms with E-state index in [0.29, 0.717) is 4.90 Å². The van der Waals surface area contributed by atoms with Crippen molar-refractivity contribution < 1.29 is 14.8 Å². The van der Waals surface area contributed by atoms with E-state index >= 15 is 0 Å². The average molecular weight is 269 g/mol. The summed E-state index contributed by atoms with van der Waals surface area (Å²) in [5.41, 5.74) is 0.741. The number of hydrogen-bond acceptors (Lipinski definition) is 4. The predicted octanol–water partition coefficient (Wildman–Crippen LogP) is 3.10. The summed E-state index contributed by atoms with van der Waals surface area (Å²) in [5.74, 6) is -0.953. The van der Waals surface area contributed by atoms with Gasteiger partial charge in [-0.25, -0.2) is 0 Å². The number of carboxylic acids is 1. The monoisotopic (exact) mass is 269 g/mol. The predicted molar refractivity (Wildman–Crippen MR) is 70.0 cm³/mol. The quantitative estimate of drug-likeness (QED) is 0.504. The van der Waals surface area contributed by atoms with Crippen LogP contribution in [0.15, 0.2) is 23.1 Å². The molecule has 0 amide bonds. The number of thioether (sulfide) groups is 1. The highest BCUT2D eigenvalue weighted by Gasteiger charge is 2.23. The van der Waals surface area contributed by atoms with E-state index in [2.05, 4.69) is 0 Å². The Balaban J connectivity index is 3.03. The van der Waals surface area contributed by atoms with Gasteiger partial charge in [-0.1, -0.05) is 13.8 Å². The lowest BCUT2D eigenvalue weighted by atomic mass is 10.1. The summed E-state index contributed by atoms with van der Waals surface area (Å²) in [5, 5.41) is 19.2. The van der Waals surface area contributed by atoms with Crippen molar-refractivity contribution >= 4 is 23.4 Å². The molecule has 1 rings (SSSR count). The minimum atomic E-state index is -0.904. The van der Waals surface area contributed by atoms with Crippen LogP contribution in [0.4, 0.5) is 5.69 Å². The zero-order valence-electron chi connectivity index (χ0n) is 10.4. The molecule has 0 radical (unpaired) electrons. The van der Waals surface area contributed by atoms with Crippen LogP contribution in [0, 0.1) is 23.0 Å². The van der Waals surface area contributed by atoms with Crippen molar-refractivity contribution in [3.63, 3.8) is 0 Å². The Bertz CT molecular complexity index is 473. The molecule has 1 unspecified atom stereocenters. The molecule has 1 aromatic rings. The highest BCUT2D eigenvalue weighted by Crippen LogP contribution is 2.31. The Labute approximate surface area is 109 Å². The van der Waals surface area contributed by atoms with Gasteiger partial charge in [0.15, 0.2) is 0 Å². The molecular weight excluding hydrogens is 254 g/mol. The Kier molecular flexibility index (Phi) is 4.72. The van der Waals surface area contributed by atoms with Crippen molar-refractivity contribution in [2.75, 3.05) is 0 Å². The van der Waals surface area contributed by atoms with Crippen LogP contribution in [0.1, 0.15) is 19.4 Å². The Morgan fingerprint density at radius 3 is 2.44 bits per heavy atom. The number of carbonyl (C=O) groups is 1. The van der Waals surface area contributed by atoms with E-state index in [9.17, 15) is 14.9 Å². The maximum atomic E-state index is 11.1. The van der Waals surface area contributed by atoms with Crippen LogP contribution in [-0.2, 0) is 4.79 Å². The van der Waals surface area contributed by atoms with Crippen LogP contribution in [0.25, 0.3) is 0 Å². The lowest BCUT2D eigenvalue weighted by molar-refractivity contribution is -0.385. The standard InChI is InChI=1S/C12H15NO4S/c1-7(2)11(12(14)15)18-10-5-8(3)4-9(6-10)13(16)17/h4-7,11H,1-3H3,(H,14,15). The summed E-state index contributed by atoms with van der Waals surface area (Å²) in [6.07, 6.45) is 0. The summed E-state index contributed by atoms with van der Waals surface area (Å²) in [4.78, 5) is 22.0. The molecule has 98 valence electrons. The number of carboxylic acid groups (broad SMARTS) is 1. The van der Waals surface area contributed by atoms with Crippen LogP contribution in [-0.4, -0.2) is 21.2 Å². The van der Waals surface area contributed by atoms with Crippen molar-refractivity contribution in [1.29, 1.82) is 0 Å². The van der Waals surface area contributed by atoms with Gasteiger partial charge in [0.05, 0.1) is 4.92 Å². The Morgan fingerprint density at radius 1 is 1.39 bits per heavy atom. The maximum absolute atomic E-state index is 11.1. The molecule has 0 spiro atoms. The number of nitrogens with zero attached hydrogens (tertiary/aromatic N) is 1. The summed E-state index contributed by atoms with van der Waals surface area (Å²) in [6, 6.07) is 4.64. The molecule has 0 heterocycles. The topological polar surface area (TPSA) is 80.4 Å². The third kappa shape index (κ3) is 3.73. The van der Waals surface area contributed by atoms with E-state index < -0.39 is 16.1 Å². The number of hydrogen-bond donors (Lipinski definition) is 1. The molecule has 6 heteroatoms. The molecule has 1 aromatic carbocycles. The van der Waals surface area contributed by atoms with Crippen LogP contribution in [0.2, 0.25) is 0 Å². The first-order valence-electron chi connectivity index (χ1n) is 5.47. The normalized spacial score (nSPS) is 12.4. The van der Waals surface area contributed by atoms with E-state index in [4.69, 9.17) is 5.11 Å². The molecule has 1 N–H and O–H groups in total.